The summed E-state index contributed by atoms with van der Waals surface area (Å²) in [5.41, 5.74) is 3.90. The fourth-order valence-corrected chi connectivity index (χ4v) is 3.18. The maximum atomic E-state index is 12.2. The van der Waals surface area contributed by atoms with Crippen LogP contribution >= 0.6 is 0 Å². The SMILES string of the molecule is CCNC(CN1CC(CC)CC1=O)c1cc(C)ccc1C. The molecule has 1 heterocycles. The lowest BCUT2D eigenvalue weighted by molar-refractivity contribution is -0.128. The average molecular weight is 288 g/mol. The minimum Gasteiger partial charge on any atom is -0.340 e. The minimum atomic E-state index is 0.231. The number of likely N-dealkylation sites (N-methyl/N-ethyl adjacent to an activating group) is 1. The second kappa shape index (κ2) is 7.08. The summed E-state index contributed by atoms with van der Waals surface area (Å²) in [7, 11) is 0. The van der Waals surface area contributed by atoms with Gasteiger partial charge in [-0.25, -0.2) is 0 Å². The summed E-state index contributed by atoms with van der Waals surface area (Å²) in [6, 6.07) is 6.81. The smallest absolute Gasteiger partial charge is 0.222 e. The molecule has 1 aliphatic heterocycles. The first kappa shape index (κ1) is 16.0. The molecule has 3 heteroatoms. The molecule has 0 bridgehead atoms. The summed E-state index contributed by atoms with van der Waals surface area (Å²) < 4.78 is 0. The van der Waals surface area contributed by atoms with E-state index in [1.165, 1.54) is 16.7 Å². The van der Waals surface area contributed by atoms with Crippen LogP contribution in [0.25, 0.3) is 0 Å². The molecule has 0 aromatic heterocycles. The van der Waals surface area contributed by atoms with E-state index < -0.39 is 0 Å². The van der Waals surface area contributed by atoms with Gasteiger partial charge in [0.15, 0.2) is 0 Å². The third-order valence-electron chi connectivity index (χ3n) is 4.54. The van der Waals surface area contributed by atoms with Gasteiger partial charge < -0.3 is 10.2 Å². The monoisotopic (exact) mass is 288 g/mol. The number of nitrogens with one attached hydrogen (secondary N) is 1. The lowest BCUT2D eigenvalue weighted by Gasteiger charge is -2.26. The number of hydrogen-bond donors (Lipinski definition) is 1. The van der Waals surface area contributed by atoms with Gasteiger partial charge >= 0.3 is 0 Å². The summed E-state index contributed by atoms with van der Waals surface area (Å²) in [6.45, 7) is 11.2. The van der Waals surface area contributed by atoms with Gasteiger partial charge in [-0.05, 0) is 37.4 Å². The molecule has 2 rings (SSSR count). The minimum absolute atomic E-state index is 0.231. The van der Waals surface area contributed by atoms with Crippen LogP contribution in [0.4, 0.5) is 0 Å². The Balaban J connectivity index is 2.16. The number of likely N-dealkylation sites (tertiary alicyclic amines) is 1. The highest BCUT2D eigenvalue weighted by Gasteiger charge is 2.30. The summed E-state index contributed by atoms with van der Waals surface area (Å²) in [4.78, 5) is 14.2. The zero-order valence-electron chi connectivity index (χ0n) is 13.8. The number of carbonyl (C=O) groups is 1. The molecule has 116 valence electrons. The molecule has 0 saturated carbocycles. The van der Waals surface area contributed by atoms with Crippen LogP contribution in [0.15, 0.2) is 18.2 Å². The highest BCUT2D eigenvalue weighted by Crippen LogP contribution is 2.25. The van der Waals surface area contributed by atoms with Crippen molar-refractivity contribution in [2.45, 2.75) is 46.6 Å². The largest absolute Gasteiger partial charge is 0.340 e. The number of benzene rings is 1. The van der Waals surface area contributed by atoms with E-state index in [1.54, 1.807) is 0 Å². The van der Waals surface area contributed by atoms with E-state index in [4.69, 9.17) is 0 Å². The lowest BCUT2D eigenvalue weighted by atomic mass is 9.98. The molecule has 1 aliphatic rings. The zero-order valence-corrected chi connectivity index (χ0v) is 13.8. The van der Waals surface area contributed by atoms with E-state index in [2.05, 4.69) is 51.2 Å². The molecule has 21 heavy (non-hydrogen) atoms. The Labute approximate surface area is 128 Å². The van der Waals surface area contributed by atoms with Gasteiger partial charge in [-0.1, -0.05) is 44.0 Å². The molecule has 1 saturated heterocycles. The average Bonchev–Trinajstić information content (AvgIpc) is 2.82. The first-order valence-electron chi connectivity index (χ1n) is 8.13. The molecule has 0 radical (unpaired) electrons. The summed E-state index contributed by atoms with van der Waals surface area (Å²) in [5, 5.41) is 3.55. The summed E-state index contributed by atoms with van der Waals surface area (Å²) in [5.74, 6) is 0.855. The number of rotatable bonds is 6. The van der Waals surface area contributed by atoms with Gasteiger partial charge in [-0.2, -0.15) is 0 Å². The Morgan fingerprint density at radius 3 is 2.71 bits per heavy atom. The van der Waals surface area contributed by atoms with Crippen LogP contribution in [-0.2, 0) is 4.79 Å². The van der Waals surface area contributed by atoms with Gasteiger partial charge in [0.1, 0.15) is 0 Å². The van der Waals surface area contributed by atoms with Crippen molar-refractivity contribution < 1.29 is 4.79 Å². The molecule has 2 atom stereocenters. The molecule has 1 fully saturated rings. The van der Waals surface area contributed by atoms with Gasteiger partial charge in [0.25, 0.3) is 0 Å². The molecule has 1 amide bonds. The van der Waals surface area contributed by atoms with Crippen LogP contribution in [0.2, 0.25) is 0 Å². The number of carbonyl (C=O) groups excluding carboxylic acids is 1. The first-order valence-corrected chi connectivity index (χ1v) is 8.13. The second-order valence-corrected chi connectivity index (χ2v) is 6.25. The van der Waals surface area contributed by atoms with E-state index >= 15 is 0 Å². The second-order valence-electron chi connectivity index (χ2n) is 6.25. The fourth-order valence-electron chi connectivity index (χ4n) is 3.18. The van der Waals surface area contributed by atoms with E-state index in [-0.39, 0.29) is 6.04 Å². The molecule has 1 aromatic carbocycles. The molecular weight excluding hydrogens is 260 g/mol. The highest BCUT2D eigenvalue weighted by molar-refractivity contribution is 5.78. The van der Waals surface area contributed by atoms with E-state index in [0.717, 1.165) is 32.5 Å². The van der Waals surface area contributed by atoms with Gasteiger partial charge in [-0.3, -0.25) is 4.79 Å². The molecule has 0 aliphatic carbocycles. The van der Waals surface area contributed by atoms with Crippen molar-refractivity contribution in [1.29, 1.82) is 0 Å². The predicted octanol–water partition coefficient (Wildman–Crippen LogP) is 3.21. The Kier molecular flexibility index (Phi) is 5.40. The maximum Gasteiger partial charge on any atom is 0.222 e. The summed E-state index contributed by atoms with van der Waals surface area (Å²) in [6.07, 6.45) is 1.82. The Bertz CT molecular complexity index is 498. The number of hydrogen-bond acceptors (Lipinski definition) is 2. The quantitative estimate of drug-likeness (QED) is 0.871. The standard InChI is InChI=1S/C18H28N2O/c1-5-15-10-18(21)20(11-15)12-17(19-6-2)16-9-13(3)7-8-14(16)4/h7-9,15,17,19H,5-6,10-12H2,1-4H3. The van der Waals surface area contributed by atoms with Gasteiger partial charge in [0, 0.05) is 19.5 Å². The van der Waals surface area contributed by atoms with Crippen LogP contribution in [0.3, 0.4) is 0 Å². The molecular formula is C18H28N2O. The van der Waals surface area contributed by atoms with Crippen LogP contribution in [0.1, 0.15) is 49.4 Å². The topological polar surface area (TPSA) is 32.3 Å². The molecule has 0 spiro atoms. The third-order valence-corrected chi connectivity index (χ3v) is 4.54. The van der Waals surface area contributed by atoms with Crippen molar-refractivity contribution >= 4 is 5.91 Å². The number of nitrogens with zero attached hydrogens (tertiary/aromatic N) is 1. The Morgan fingerprint density at radius 2 is 2.10 bits per heavy atom. The van der Waals surface area contributed by atoms with Crippen molar-refractivity contribution in [3.63, 3.8) is 0 Å². The molecule has 1 N–H and O–H groups in total. The molecule has 2 unspecified atom stereocenters. The Hall–Kier alpha value is -1.35. The maximum absolute atomic E-state index is 12.2. The van der Waals surface area contributed by atoms with Crippen molar-refractivity contribution in [1.82, 2.24) is 10.2 Å². The van der Waals surface area contributed by atoms with Crippen molar-refractivity contribution in [3.05, 3.63) is 34.9 Å². The predicted molar refractivity (Wildman–Crippen MR) is 87.3 cm³/mol. The van der Waals surface area contributed by atoms with Gasteiger partial charge in [0.05, 0.1) is 6.04 Å². The lowest BCUT2D eigenvalue weighted by Crippen LogP contribution is -2.36. The van der Waals surface area contributed by atoms with Crippen molar-refractivity contribution in [2.75, 3.05) is 19.6 Å². The normalized spacial score (nSPS) is 20.1. The number of amides is 1. The van der Waals surface area contributed by atoms with Crippen LogP contribution in [0, 0.1) is 19.8 Å². The molecule has 3 nitrogen and oxygen atoms in total. The summed E-state index contributed by atoms with van der Waals surface area (Å²) >= 11 is 0. The zero-order chi connectivity index (χ0) is 15.4. The fraction of sp³-hybridized carbons (Fsp3) is 0.611. The third kappa shape index (κ3) is 3.85. The van der Waals surface area contributed by atoms with Gasteiger partial charge in [-0.15, -0.1) is 0 Å². The van der Waals surface area contributed by atoms with E-state index in [9.17, 15) is 4.79 Å². The van der Waals surface area contributed by atoms with Crippen LogP contribution in [-0.4, -0.2) is 30.4 Å². The van der Waals surface area contributed by atoms with Crippen LogP contribution < -0.4 is 5.32 Å². The number of aryl methyl sites for hydroxylation is 2. The highest BCUT2D eigenvalue weighted by atomic mass is 16.2. The van der Waals surface area contributed by atoms with Gasteiger partial charge in [0.2, 0.25) is 5.91 Å². The Morgan fingerprint density at radius 1 is 1.33 bits per heavy atom. The van der Waals surface area contributed by atoms with Crippen molar-refractivity contribution in [3.8, 4) is 0 Å². The molecule has 1 aromatic rings. The van der Waals surface area contributed by atoms with E-state index in [1.807, 2.05) is 4.90 Å². The first-order chi connectivity index (χ1) is 10.0. The van der Waals surface area contributed by atoms with E-state index in [0.29, 0.717) is 11.8 Å². The van der Waals surface area contributed by atoms with Crippen molar-refractivity contribution in [2.24, 2.45) is 5.92 Å². The van der Waals surface area contributed by atoms with Crippen LogP contribution in [0.5, 0.6) is 0 Å².